The van der Waals surface area contributed by atoms with Gasteiger partial charge in [0.2, 0.25) is 5.91 Å². The number of nitrogens with zero attached hydrogens (tertiary/aromatic N) is 2. The van der Waals surface area contributed by atoms with E-state index in [1.54, 1.807) is 23.3 Å². The van der Waals surface area contributed by atoms with Crippen LogP contribution in [0.15, 0.2) is 36.9 Å². The highest BCUT2D eigenvalue weighted by Gasteiger charge is 2.30. The van der Waals surface area contributed by atoms with Gasteiger partial charge in [0.25, 0.3) is 0 Å². The Morgan fingerprint density at radius 2 is 2.35 bits per heavy atom. The molecule has 2 atom stereocenters. The molecule has 0 bridgehead atoms. The van der Waals surface area contributed by atoms with Crippen molar-refractivity contribution in [2.24, 2.45) is 5.92 Å². The number of rotatable bonds is 3. The summed E-state index contributed by atoms with van der Waals surface area (Å²) in [5.74, 6) is 0.479. The third kappa shape index (κ3) is 2.46. The number of benzene rings is 1. The summed E-state index contributed by atoms with van der Waals surface area (Å²) in [6, 6.07) is 6.65. The third-order valence-electron chi connectivity index (χ3n) is 3.95. The average molecular weight is 269 g/mol. The van der Waals surface area contributed by atoms with Crippen LogP contribution in [0.2, 0.25) is 0 Å². The van der Waals surface area contributed by atoms with E-state index in [2.05, 4.69) is 42.3 Å². The number of nitrogens with one attached hydrogen (secondary N) is 1. The molecule has 1 aromatic carbocycles. The molecule has 1 aromatic heterocycles. The Bertz CT molecular complexity index is 619. The van der Waals surface area contributed by atoms with Crippen molar-refractivity contribution in [1.29, 1.82) is 0 Å². The third-order valence-corrected chi connectivity index (χ3v) is 3.95. The molecule has 1 heterocycles. The largest absolute Gasteiger partial charge is 0.347 e. The van der Waals surface area contributed by atoms with Gasteiger partial charge in [-0.05, 0) is 30.4 Å². The number of aromatic nitrogens is 2. The molecule has 0 radical (unpaired) electrons. The number of carbonyl (C=O) groups is 1. The number of carbonyl (C=O) groups excluding carboxylic acids is 1. The van der Waals surface area contributed by atoms with Gasteiger partial charge in [0, 0.05) is 12.4 Å². The van der Waals surface area contributed by atoms with Crippen LogP contribution >= 0.6 is 0 Å². The second-order valence-corrected chi connectivity index (χ2v) is 5.66. The molecule has 2 aromatic rings. The number of fused-ring (bicyclic) bond motifs is 1. The number of hydrogen-bond acceptors (Lipinski definition) is 2. The molecule has 1 N–H and O–H groups in total. The Hall–Kier alpha value is -2.10. The van der Waals surface area contributed by atoms with Crippen molar-refractivity contribution < 1.29 is 4.79 Å². The van der Waals surface area contributed by atoms with E-state index in [9.17, 15) is 4.79 Å². The first-order valence-corrected chi connectivity index (χ1v) is 6.98. The molecule has 3 rings (SSSR count). The van der Waals surface area contributed by atoms with Crippen molar-refractivity contribution in [3.8, 4) is 0 Å². The molecular formula is C16H19N3O. The average Bonchev–Trinajstić information content (AvgIpc) is 3.00. The lowest BCUT2D eigenvalue weighted by atomic mass is 10.0. The number of imidazole rings is 1. The summed E-state index contributed by atoms with van der Waals surface area (Å²) in [7, 11) is 0. The normalized spacial score (nSPS) is 20.7. The predicted octanol–water partition coefficient (Wildman–Crippen LogP) is 2.24. The van der Waals surface area contributed by atoms with Gasteiger partial charge in [0.15, 0.2) is 0 Å². The van der Waals surface area contributed by atoms with Crippen LogP contribution in [0.25, 0.3) is 0 Å². The Kier molecular flexibility index (Phi) is 3.30. The van der Waals surface area contributed by atoms with Gasteiger partial charge < -0.3 is 9.88 Å². The van der Waals surface area contributed by atoms with Crippen molar-refractivity contribution in [2.75, 3.05) is 0 Å². The second-order valence-electron chi connectivity index (χ2n) is 5.66. The molecule has 4 heteroatoms. The van der Waals surface area contributed by atoms with Gasteiger partial charge in [-0.3, -0.25) is 4.79 Å². The lowest BCUT2D eigenvalue weighted by Gasteiger charge is -2.19. The molecule has 0 saturated heterocycles. The molecule has 1 aliphatic carbocycles. The summed E-state index contributed by atoms with van der Waals surface area (Å²) in [5.41, 5.74) is 3.87. The van der Waals surface area contributed by atoms with E-state index in [1.165, 1.54) is 16.7 Å². The molecule has 4 nitrogen and oxygen atoms in total. The van der Waals surface area contributed by atoms with E-state index in [0.29, 0.717) is 12.5 Å². The summed E-state index contributed by atoms with van der Waals surface area (Å²) < 4.78 is 1.78. The van der Waals surface area contributed by atoms with Crippen LogP contribution in [0, 0.1) is 12.8 Å². The highest BCUT2D eigenvalue weighted by molar-refractivity contribution is 5.76. The van der Waals surface area contributed by atoms with Gasteiger partial charge in [-0.15, -0.1) is 0 Å². The Labute approximate surface area is 118 Å². The van der Waals surface area contributed by atoms with Gasteiger partial charge in [-0.1, -0.05) is 30.7 Å². The highest BCUT2D eigenvalue weighted by Crippen LogP contribution is 2.36. The monoisotopic (exact) mass is 269 g/mol. The first kappa shape index (κ1) is 12.9. The van der Waals surface area contributed by atoms with Gasteiger partial charge in [-0.2, -0.15) is 0 Å². The zero-order valence-electron chi connectivity index (χ0n) is 11.8. The zero-order chi connectivity index (χ0) is 14.1. The highest BCUT2D eigenvalue weighted by atomic mass is 16.2. The van der Waals surface area contributed by atoms with Crippen molar-refractivity contribution >= 4 is 5.91 Å². The lowest BCUT2D eigenvalue weighted by Crippen LogP contribution is -2.33. The first-order chi connectivity index (χ1) is 9.63. The minimum atomic E-state index is 0.0363. The molecule has 2 unspecified atom stereocenters. The Balaban J connectivity index is 1.74. The van der Waals surface area contributed by atoms with Crippen molar-refractivity contribution in [3.05, 3.63) is 53.6 Å². The lowest BCUT2D eigenvalue weighted by molar-refractivity contribution is -0.122. The number of aryl methyl sites for hydroxylation is 1. The van der Waals surface area contributed by atoms with Crippen LogP contribution in [-0.2, 0) is 17.8 Å². The number of hydrogen-bond donors (Lipinski definition) is 1. The van der Waals surface area contributed by atoms with Crippen LogP contribution in [-0.4, -0.2) is 15.5 Å². The molecule has 1 amide bonds. The van der Waals surface area contributed by atoms with Gasteiger partial charge in [-0.25, -0.2) is 4.98 Å². The van der Waals surface area contributed by atoms with Crippen LogP contribution in [0.5, 0.6) is 0 Å². The summed E-state index contributed by atoms with van der Waals surface area (Å²) in [5, 5.41) is 3.16. The van der Waals surface area contributed by atoms with E-state index in [4.69, 9.17) is 0 Å². The molecule has 104 valence electrons. The van der Waals surface area contributed by atoms with Gasteiger partial charge in [0.05, 0.1) is 12.4 Å². The summed E-state index contributed by atoms with van der Waals surface area (Å²) >= 11 is 0. The maximum atomic E-state index is 12.1. The molecule has 0 saturated carbocycles. The minimum absolute atomic E-state index is 0.0363. The fraction of sp³-hybridized carbons (Fsp3) is 0.375. The topological polar surface area (TPSA) is 46.9 Å². The van der Waals surface area contributed by atoms with E-state index in [0.717, 1.165) is 6.42 Å². The number of amides is 1. The zero-order valence-corrected chi connectivity index (χ0v) is 11.8. The van der Waals surface area contributed by atoms with Crippen LogP contribution in [0.3, 0.4) is 0 Å². The van der Waals surface area contributed by atoms with Crippen molar-refractivity contribution in [3.63, 3.8) is 0 Å². The summed E-state index contributed by atoms with van der Waals surface area (Å²) in [6.07, 6.45) is 6.18. The Morgan fingerprint density at radius 3 is 3.10 bits per heavy atom. The van der Waals surface area contributed by atoms with Crippen LogP contribution in [0.4, 0.5) is 0 Å². The quantitative estimate of drug-likeness (QED) is 0.929. The predicted molar refractivity (Wildman–Crippen MR) is 77.2 cm³/mol. The fourth-order valence-corrected chi connectivity index (χ4v) is 2.95. The fourth-order valence-electron chi connectivity index (χ4n) is 2.95. The molecule has 0 fully saturated rings. The molecule has 1 aliphatic rings. The molecule has 0 spiro atoms. The maximum absolute atomic E-state index is 12.1. The van der Waals surface area contributed by atoms with Crippen LogP contribution < -0.4 is 5.32 Å². The molecule has 20 heavy (non-hydrogen) atoms. The van der Waals surface area contributed by atoms with Gasteiger partial charge >= 0.3 is 0 Å². The summed E-state index contributed by atoms with van der Waals surface area (Å²) in [4.78, 5) is 16.1. The maximum Gasteiger partial charge on any atom is 0.240 e. The van der Waals surface area contributed by atoms with Crippen molar-refractivity contribution in [2.45, 2.75) is 32.9 Å². The van der Waals surface area contributed by atoms with Crippen molar-refractivity contribution in [1.82, 2.24) is 14.9 Å². The molecule has 0 aliphatic heterocycles. The van der Waals surface area contributed by atoms with Gasteiger partial charge in [0.1, 0.15) is 6.54 Å². The van der Waals surface area contributed by atoms with Crippen LogP contribution in [0.1, 0.15) is 29.7 Å². The first-order valence-electron chi connectivity index (χ1n) is 6.98. The van der Waals surface area contributed by atoms with E-state index >= 15 is 0 Å². The Morgan fingerprint density at radius 1 is 1.50 bits per heavy atom. The summed E-state index contributed by atoms with van der Waals surface area (Å²) in [6.45, 7) is 4.61. The molecular weight excluding hydrogens is 250 g/mol. The smallest absolute Gasteiger partial charge is 0.240 e. The van der Waals surface area contributed by atoms with E-state index < -0.39 is 0 Å². The van der Waals surface area contributed by atoms with E-state index in [-0.39, 0.29) is 11.9 Å². The SMILES string of the molecule is Cc1ccc2c(c1)C(NC(=O)Cn1ccnc1)C(C)C2. The second kappa shape index (κ2) is 5.12. The van der Waals surface area contributed by atoms with E-state index in [1.807, 2.05) is 0 Å². The minimum Gasteiger partial charge on any atom is -0.347 e. The standard InChI is InChI=1S/C16H19N3O/c1-11-3-4-13-8-12(2)16(14(13)7-11)18-15(20)9-19-6-5-17-10-19/h3-7,10,12,16H,8-9H2,1-2H3,(H,18,20).